The van der Waals surface area contributed by atoms with Crippen LogP contribution in [0.4, 0.5) is 26.3 Å². The Kier molecular flexibility index (Phi) is 6.37. The van der Waals surface area contributed by atoms with Gasteiger partial charge in [-0.2, -0.15) is 26.3 Å². The summed E-state index contributed by atoms with van der Waals surface area (Å²) >= 11 is 0. The molecule has 0 unspecified atom stereocenters. The average molecular weight is 455 g/mol. The largest absolute Gasteiger partial charge is 0.481 e. The maximum Gasteiger partial charge on any atom is 0.418 e. The summed E-state index contributed by atoms with van der Waals surface area (Å²) < 4.78 is 84.3. The molecular formula is C21H15F6N3O2. The molecular weight excluding hydrogens is 440 g/mol. The molecule has 1 atom stereocenters. The van der Waals surface area contributed by atoms with Gasteiger partial charge in [-0.15, -0.1) is 0 Å². The van der Waals surface area contributed by atoms with Crippen molar-refractivity contribution in [3.05, 3.63) is 88.9 Å². The van der Waals surface area contributed by atoms with Crippen molar-refractivity contribution in [1.29, 1.82) is 0 Å². The highest BCUT2D eigenvalue weighted by Gasteiger charge is 2.37. The van der Waals surface area contributed by atoms with Gasteiger partial charge in [0.05, 0.1) is 35.5 Å². The third kappa shape index (κ3) is 5.16. The normalized spacial score (nSPS) is 12.8. The molecule has 11 heteroatoms. The Morgan fingerprint density at radius 3 is 2.16 bits per heavy atom. The van der Waals surface area contributed by atoms with Crippen LogP contribution in [0, 0.1) is 0 Å². The molecule has 0 spiro atoms. The molecule has 5 nitrogen and oxygen atoms in total. The molecule has 0 aliphatic rings. The van der Waals surface area contributed by atoms with Crippen molar-refractivity contribution in [1.82, 2.24) is 15.3 Å². The number of carbonyl (C=O) groups excluding carboxylic acids is 1. The monoisotopic (exact) mass is 455 g/mol. The Morgan fingerprint density at radius 1 is 0.938 bits per heavy atom. The van der Waals surface area contributed by atoms with Gasteiger partial charge >= 0.3 is 12.4 Å². The summed E-state index contributed by atoms with van der Waals surface area (Å²) in [5.41, 5.74) is -2.68. The molecule has 3 aromatic rings. The second kappa shape index (κ2) is 8.85. The van der Waals surface area contributed by atoms with Crippen LogP contribution in [-0.2, 0) is 12.4 Å². The number of ether oxygens (including phenoxy) is 1. The van der Waals surface area contributed by atoms with Crippen LogP contribution >= 0.6 is 0 Å². The number of hydrogen-bond acceptors (Lipinski definition) is 4. The van der Waals surface area contributed by atoms with Crippen LogP contribution in [-0.4, -0.2) is 23.0 Å². The number of rotatable bonds is 5. The van der Waals surface area contributed by atoms with Gasteiger partial charge in [0.15, 0.2) is 0 Å². The molecule has 3 rings (SSSR count). The van der Waals surface area contributed by atoms with Crippen LogP contribution in [0.1, 0.15) is 38.8 Å². The number of nitrogens with zero attached hydrogens (tertiary/aromatic N) is 2. The number of halogens is 6. The summed E-state index contributed by atoms with van der Waals surface area (Å²) in [5.74, 6) is -0.589. The molecule has 0 bridgehead atoms. The number of amides is 1. The number of aromatic nitrogens is 2. The van der Waals surface area contributed by atoms with E-state index in [0.29, 0.717) is 0 Å². The van der Waals surface area contributed by atoms with E-state index < -0.39 is 41.1 Å². The van der Waals surface area contributed by atoms with Gasteiger partial charge in [0.2, 0.25) is 5.88 Å². The van der Waals surface area contributed by atoms with E-state index in [1.165, 1.54) is 19.2 Å². The molecule has 1 N–H and O–H groups in total. The lowest BCUT2D eigenvalue weighted by molar-refractivity contribution is -0.139. The van der Waals surface area contributed by atoms with Crippen LogP contribution in [0.2, 0.25) is 0 Å². The Balaban J connectivity index is 2.05. The topological polar surface area (TPSA) is 64.1 Å². The molecule has 0 saturated carbocycles. The quantitative estimate of drug-likeness (QED) is 0.548. The molecule has 2 heterocycles. The molecule has 2 aromatic heterocycles. The smallest absolute Gasteiger partial charge is 0.418 e. The number of methoxy groups -OCH3 is 1. The highest BCUT2D eigenvalue weighted by Crippen LogP contribution is 2.36. The molecule has 1 amide bonds. The predicted molar refractivity (Wildman–Crippen MR) is 101 cm³/mol. The van der Waals surface area contributed by atoms with Crippen molar-refractivity contribution >= 4 is 5.91 Å². The predicted octanol–water partition coefficient (Wildman–Crippen LogP) is 5.04. The fourth-order valence-corrected chi connectivity index (χ4v) is 2.91. The minimum absolute atomic E-state index is 0.00667. The fourth-order valence-electron chi connectivity index (χ4n) is 2.91. The SMILES string of the molecule is COc1ccc(C(=O)N[C@@H](c2ccc(C(F)(F)F)cc2)c2ncccc2C(F)(F)F)cn1. The Morgan fingerprint density at radius 2 is 1.62 bits per heavy atom. The second-order valence-electron chi connectivity index (χ2n) is 6.55. The first-order valence-electron chi connectivity index (χ1n) is 9.01. The molecule has 0 aliphatic heterocycles. The molecule has 168 valence electrons. The van der Waals surface area contributed by atoms with Crippen molar-refractivity contribution in [2.24, 2.45) is 0 Å². The van der Waals surface area contributed by atoms with Gasteiger partial charge < -0.3 is 10.1 Å². The summed E-state index contributed by atoms with van der Waals surface area (Å²) in [6, 6.07) is 6.53. The minimum Gasteiger partial charge on any atom is -0.481 e. The van der Waals surface area contributed by atoms with Gasteiger partial charge in [-0.3, -0.25) is 9.78 Å². The lowest BCUT2D eigenvalue weighted by Gasteiger charge is -2.23. The van der Waals surface area contributed by atoms with E-state index in [1.807, 2.05) is 0 Å². The third-order valence-electron chi connectivity index (χ3n) is 4.47. The maximum atomic E-state index is 13.6. The van der Waals surface area contributed by atoms with Crippen LogP contribution in [0.15, 0.2) is 60.9 Å². The first-order chi connectivity index (χ1) is 15.0. The molecule has 0 radical (unpaired) electrons. The molecule has 1 aromatic carbocycles. The van der Waals surface area contributed by atoms with E-state index in [9.17, 15) is 31.1 Å². The maximum absolute atomic E-state index is 13.6. The van der Waals surface area contributed by atoms with E-state index in [0.717, 1.165) is 48.8 Å². The van der Waals surface area contributed by atoms with Gasteiger partial charge in [-0.1, -0.05) is 12.1 Å². The minimum atomic E-state index is -4.81. The zero-order chi connectivity index (χ0) is 23.5. The fraction of sp³-hybridized carbons (Fsp3) is 0.190. The van der Waals surface area contributed by atoms with E-state index in [1.54, 1.807) is 0 Å². The van der Waals surface area contributed by atoms with Gasteiger partial charge in [0.25, 0.3) is 5.91 Å². The van der Waals surface area contributed by atoms with E-state index in [2.05, 4.69) is 15.3 Å². The lowest BCUT2D eigenvalue weighted by atomic mass is 9.97. The standard InChI is InChI=1S/C21H15F6N3O2/c1-32-16-9-6-13(11-29-16)19(31)30-17(12-4-7-14(8-5-12)20(22,23)24)18-15(21(25,26)27)3-2-10-28-18/h2-11,17H,1H3,(H,30,31)/t17-/m0/s1. The number of alkyl halides is 6. The number of benzene rings is 1. The summed E-state index contributed by atoms with van der Waals surface area (Å²) in [6.07, 6.45) is -7.18. The number of carbonyl (C=O) groups is 1. The third-order valence-corrected chi connectivity index (χ3v) is 4.47. The lowest BCUT2D eigenvalue weighted by Crippen LogP contribution is -2.31. The van der Waals surface area contributed by atoms with E-state index in [4.69, 9.17) is 4.74 Å². The summed E-state index contributed by atoms with van der Waals surface area (Å²) in [5, 5.41) is 2.41. The van der Waals surface area contributed by atoms with Crippen LogP contribution < -0.4 is 10.1 Å². The van der Waals surface area contributed by atoms with Crippen LogP contribution in [0.25, 0.3) is 0 Å². The zero-order valence-corrected chi connectivity index (χ0v) is 16.3. The molecule has 0 aliphatic carbocycles. The Labute approximate surface area is 178 Å². The highest BCUT2D eigenvalue weighted by molar-refractivity contribution is 5.94. The number of nitrogens with one attached hydrogen (secondary N) is 1. The van der Waals surface area contributed by atoms with Crippen LogP contribution in [0.3, 0.4) is 0 Å². The first kappa shape index (κ1) is 23.0. The van der Waals surface area contributed by atoms with E-state index >= 15 is 0 Å². The average Bonchev–Trinajstić information content (AvgIpc) is 2.76. The van der Waals surface area contributed by atoms with Crippen molar-refractivity contribution in [3.63, 3.8) is 0 Å². The molecule has 32 heavy (non-hydrogen) atoms. The second-order valence-corrected chi connectivity index (χ2v) is 6.55. The highest BCUT2D eigenvalue weighted by atomic mass is 19.4. The molecule has 0 fully saturated rings. The Hall–Kier alpha value is -3.63. The van der Waals surface area contributed by atoms with Gasteiger partial charge in [-0.05, 0) is 35.9 Å². The van der Waals surface area contributed by atoms with Crippen molar-refractivity contribution in [2.75, 3.05) is 7.11 Å². The van der Waals surface area contributed by atoms with Gasteiger partial charge in [0, 0.05) is 18.5 Å². The number of hydrogen-bond donors (Lipinski definition) is 1. The number of pyridine rings is 2. The van der Waals surface area contributed by atoms with Crippen molar-refractivity contribution in [2.45, 2.75) is 18.4 Å². The first-order valence-corrected chi connectivity index (χ1v) is 9.01. The Bertz CT molecular complexity index is 1080. The van der Waals surface area contributed by atoms with E-state index in [-0.39, 0.29) is 17.0 Å². The summed E-state index contributed by atoms with van der Waals surface area (Å²) in [4.78, 5) is 20.3. The molecule has 0 saturated heterocycles. The van der Waals surface area contributed by atoms with Crippen LogP contribution in [0.5, 0.6) is 5.88 Å². The zero-order valence-electron chi connectivity index (χ0n) is 16.3. The van der Waals surface area contributed by atoms with Crippen molar-refractivity contribution in [3.8, 4) is 5.88 Å². The van der Waals surface area contributed by atoms with Gasteiger partial charge in [0.1, 0.15) is 0 Å². The summed E-state index contributed by atoms with van der Waals surface area (Å²) in [6.45, 7) is 0. The van der Waals surface area contributed by atoms with Gasteiger partial charge in [-0.25, -0.2) is 4.98 Å². The van der Waals surface area contributed by atoms with Crippen molar-refractivity contribution < 1.29 is 35.9 Å². The summed E-state index contributed by atoms with van der Waals surface area (Å²) in [7, 11) is 1.36.